The van der Waals surface area contributed by atoms with Crippen LogP contribution >= 0.6 is 0 Å². The first kappa shape index (κ1) is 11.9. The lowest BCUT2D eigenvalue weighted by atomic mass is 9.93. The molecule has 0 amide bonds. The molecule has 0 saturated heterocycles. The topological polar surface area (TPSA) is 74.6 Å². The van der Waals surface area contributed by atoms with E-state index in [9.17, 15) is 9.59 Å². The zero-order valence-electron chi connectivity index (χ0n) is 7.99. The van der Waals surface area contributed by atoms with Gasteiger partial charge in [-0.1, -0.05) is 13.8 Å². The lowest BCUT2D eigenvalue weighted by Crippen LogP contribution is -2.17. The van der Waals surface area contributed by atoms with Gasteiger partial charge in [-0.05, 0) is 18.8 Å². The number of carbonyl (C=O) groups is 2. The minimum absolute atomic E-state index is 0.0658. The fourth-order valence-corrected chi connectivity index (χ4v) is 1.21. The molecule has 0 fully saturated rings. The molecule has 0 saturated carbocycles. The molecule has 4 heteroatoms. The predicted octanol–water partition coefficient (Wildman–Crippen LogP) is 1.60. The van der Waals surface area contributed by atoms with Gasteiger partial charge in [0.15, 0.2) is 0 Å². The van der Waals surface area contributed by atoms with Crippen LogP contribution in [0.15, 0.2) is 0 Å². The maximum absolute atomic E-state index is 10.7. The molecule has 0 aliphatic carbocycles. The van der Waals surface area contributed by atoms with Crippen LogP contribution in [-0.4, -0.2) is 22.2 Å². The van der Waals surface area contributed by atoms with Crippen LogP contribution in [0.25, 0.3) is 0 Å². The molecule has 0 radical (unpaired) electrons. The van der Waals surface area contributed by atoms with Gasteiger partial charge in [0.05, 0.1) is 5.92 Å². The Balaban J connectivity index is 3.95. The number of aliphatic carboxylic acids is 2. The van der Waals surface area contributed by atoms with E-state index < -0.39 is 17.9 Å². The summed E-state index contributed by atoms with van der Waals surface area (Å²) in [6.45, 7) is 3.85. The van der Waals surface area contributed by atoms with Crippen LogP contribution in [0.4, 0.5) is 0 Å². The first-order valence-electron chi connectivity index (χ1n) is 4.38. The normalized spacial score (nSPS) is 12.8. The molecule has 4 nitrogen and oxygen atoms in total. The van der Waals surface area contributed by atoms with Gasteiger partial charge in [-0.2, -0.15) is 0 Å². The molecule has 0 aromatic heterocycles. The lowest BCUT2D eigenvalue weighted by molar-refractivity contribution is -0.143. The minimum Gasteiger partial charge on any atom is -0.481 e. The van der Waals surface area contributed by atoms with Gasteiger partial charge >= 0.3 is 11.9 Å². The van der Waals surface area contributed by atoms with Crippen LogP contribution in [0.2, 0.25) is 0 Å². The molecule has 76 valence electrons. The molecule has 2 N–H and O–H groups in total. The Morgan fingerprint density at radius 2 is 1.77 bits per heavy atom. The maximum Gasteiger partial charge on any atom is 0.306 e. The van der Waals surface area contributed by atoms with Crippen molar-refractivity contribution < 1.29 is 19.8 Å². The largest absolute Gasteiger partial charge is 0.481 e. The van der Waals surface area contributed by atoms with Gasteiger partial charge in [0.25, 0.3) is 0 Å². The number of hydrogen-bond donors (Lipinski definition) is 2. The number of carboxylic acid groups (broad SMARTS) is 2. The van der Waals surface area contributed by atoms with E-state index in [0.29, 0.717) is 6.42 Å². The Bertz CT molecular complexity index is 186. The second-order valence-corrected chi connectivity index (χ2v) is 3.60. The van der Waals surface area contributed by atoms with Crippen molar-refractivity contribution in [3.05, 3.63) is 0 Å². The highest BCUT2D eigenvalue weighted by Crippen LogP contribution is 2.17. The zero-order chi connectivity index (χ0) is 10.4. The van der Waals surface area contributed by atoms with Gasteiger partial charge in [0.2, 0.25) is 0 Å². The Kier molecular flexibility index (Phi) is 5.11. The molecule has 0 heterocycles. The molecule has 1 atom stereocenters. The summed E-state index contributed by atoms with van der Waals surface area (Å²) in [6.07, 6.45) is 0.704. The summed E-state index contributed by atoms with van der Waals surface area (Å²) in [5.74, 6) is -2.06. The molecule has 13 heavy (non-hydrogen) atoms. The molecule has 0 aliphatic rings. The zero-order valence-corrected chi connectivity index (χ0v) is 7.99. The molecule has 0 spiro atoms. The fourth-order valence-electron chi connectivity index (χ4n) is 1.21. The summed E-state index contributed by atoms with van der Waals surface area (Å²) in [7, 11) is 0. The highest BCUT2D eigenvalue weighted by Gasteiger charge is 2.19. The van der Waals surface area contributed by atoms with Gasteiger partial charge in [-0.15, -0.1) is 0 Å². The third kappa shape index (κ3) is 6.13. The highest BCUT2D eigenvalue weighted by molar-refractivity contribution is 5.72. The number of carboxylic acids is 2. The van der Waals surface area contributed by atoms with Crippen molar-refractivity contribution in [1.82, 2.24) is 0 Å². The first-order chi connectivity index (χ1) is 5.93. The van der Waals surface area contributed by atoms with E-state index in [-0.39, 0.29) is 18.8 Å². The van der Waals surface area contributed by atoms with Crippen molar-refractivity contribution in [2.75, 3.05) is 0 Å². The summed E-state index contributed by atoms with van der Waals surface area (Å²) in [4.78, 5) is 20.9. The summed E-state index contributed by atoms with van der Waals surface area (Å²) < 4.78 is 0. The summed E-state index contributed by atoms with van der Waals surface area (Å²) in [6, 6.07) is 0. The van der Waals surface area contributed by atoms with Crippen molar-refractivity contribution in [1.29, 1.82) is 0 Å². The second-order valence-electron chi connectivity index (χ2n) is 3.60. The molecule has 1 unspecified atom stereocenters. The quantitative estimate of drug-likeness (QED) is 0.663. The Labute approximate surface area is 77.6 Å². The van der Waals surface area contributed by atoms with Gasteiger partial charge < -0.3 is 10.2 Å². The smallest absolute Gasteiger partial charge is 0.306 e. The second kappa shape index (κ2) is 5.56. The number of hydrogen-bond acceptors (Lipinski definition) is 2. The van der Waals surface area contributed by atoms with Crippen LogP contribution in [0.5, 0.6) is 0 Å². The SMILES string of the molecule is CC(C)CC(CCC(=O)O)C(=O)O. The van der Waals surface area contributed by atoms with E-state index in [1.54, 1.807) is 0 Å². The molecule has 0 aromatic rings. The van der Waals surface area contributed by atoms with Gasteiger partial charge in [-0.3, -0.25) is 9.59 Å². The number of rotatable bonds is 6. The van der Waals surface area contributed by atoms with Crippen molar-refractivity contribution in [2.45, 2.75) is 33.1 Å². The molecule has 0 aliphatic heterocycles. The van der Waals surface area contributed by atoms with E-state index in [1.165, 1.54) is 0 Å². The first-order valence-corrected chi connectivity index (χ1v) is 4.38. The molecule has 0 bridgehead atoms. The minimum atomic E-state index is -0.935. The van der Waals surface area contributed by atoms with E-state index in [0.717, 1.165) is 0 Å². The van der Waals surface area contributed by atoms with E-state index in [4.69, 9.17) is 10.2 Å². The lowest BCUT2D eigenvalue weighted by Gasteiger charge is -2.12. The van der Waals surface area contributed by atoms with E-state index in [1.807, 2.05) is 13.8 Å². The monoisotopic (exact) mass is 188 g/mol. The molecular formula is C9H16O4. The van der Waals surface area contributed by atoms with Crippen LogP contribution in [-0.2, 0) is 9.59 Å². The third-order valence-electron chi connectivity index (χ3n) is 1.81. The van der Waals surface area contributed by atoms with Crippen LogP contribution in [0.3, 0.4) is 0 Å². The summed E-state index contributed by atoms with van der Waals surface area (Å²) in [5.41, 5.74) is 0. The average Bonchev–Trinajstić information content (AvgIpc) is 1.96. The van der Waals surface area contributed by atoms with Crippen LogP contribution in [0.1, 0.15) is 33.1 Å². The van der Waals surface area contributed by atoms with Crippen molar-refractivity contribution in [3.8, 4) is 0 Å². The summed E-state index contributed by atoms with van der Waals surface area (Å²) >= 11 is 0. The van der Waals surface area contributed by atoms with Crippen molar-refractivity contribution >= 4 is 11.9 Å². The predicted molar refractivity (Wildman–Crippen MR) is 47.5 cm³/mol. The average molecular weight is 188 g/mol. The van der Waals surface area contributed by atoms with Crippen LogP contribution in [0, 0.1) is 11.8 Å². The van der Waals surface area contributed by atoms with E-state index in [2.05, 4.69) is 0 Å². The van der Waals surface area contributed by atoms with Crippen LogP contribution < -0.4 is 0 Å². The fraction of sp³-hybridized carbons (Fsp3) is 0.778. The molecule has 0 aromatic carbocycles. The van der Waals surface area contributed by atoms with Gasteiger partial charge in [0.1, 0.15) is 0 Å². The third-order valence-corrected chi connectivity index (χ3v) is 1.81. The summed E-state index contributed by atoms with van der Waals surface area (Å²) in [5, 5.41) is 17.1. The van der Waals surface area contributed by atoms with Crippen molar-refractivity contribution in [3.63, 3.8) is 0 Å². The highest BCUT2D eigenvalue weighted by atomic mass is 16.4. The Morgan fingerprint density at radius 1 is 1.23 bits per heavy atom. The maximum atomic E-state index is 10.7. The molecule has 0 rings (SSSR count). The van der Waals surface area contributed by atoms with Crippen molar-refractivity contribution in [2.24, 2.45) is 11.8 Å². The molecular weight excluding hydrogens is 172 g/mol. The Morgan fingerprint density at radius 3 is 2.08 bits per heavy atom. The standard InChI is InChI=1S/C9H16O4/c1-6(2)5-7(9(12)13)3-4-8(10)11/h6-7H,3-5H2,1-2H3,(H,10,11)(H,12,13). The van der Waals surface area contributed by atoms with E-state index >= 15 is 0 Å². The van der Waals surface area contributed by atoms with Gasteiger partial charge in [-0.25, -0.2) is 0 Å². The van der Waals surface area contributed by atoms with Gasteiger partial charge in [0, 0.05) is 6.42 Å². The Hall–Kier alpha value is -1.06.